The molecule has 2 rings (SSSR count). The fourth-order valence-electron chi connectivity index (χ4n) is 3.63. The number of hydrogen-bond donors (Lipinski definition) is 2. The van der Waals surface area contributed by atoms with E-state index in [2.05, 4.69) is 23.7 Å². The molecule has 32 heavy (non-hydrogen) atoms. The van der Waals surface area contributed by atoms with Gasteiger partial charge in [-0.3, -0.25) is 4.79 Å². The van der Waals surface area contributed by atoms with Crippen molar-refractivity contribution < 1.29 is 19.4 Å². The number of unbranched alkanes of at least 4 members (excludes halogenated alkanes) is 3. The van der Waals surface area contributed by atoms with Crippen molar-refractivity contribution in [2.24, 2.45) is 5.92 Å². The van der Waals surface area contributed by atoms with Crippen LogP contribution in [-0.2, 0) is 20.7 Å². The Morgan fingerprint density at radius 3 is 2.41 bits per heavy atom. The van der Waals surface area contributed by atoms with Crippen molar-refractivity contribution in [1.29, 1.82) is 0 Å². The molecule has 0 aliphatic heterocycles. The van der Waals surface area contributed by atoms with Gasteiger partial charge in [-0.1, -0.05) is 63.8 Å². The number of hydrogen-bond acceptors (Lipinski definition) is 4. The Bertz CT molecular complexity index is 846. The Morgan fingerprint density at radius 1 is 1.06 bits per heavy atom. The summed E-state index contributed by atoms with van der Waals surface area (Å²) in [5.74, 6) is -0.784. The molecule has 0 saturated heterocycles. The molecule has 0 aliphatic rings. The summed E-state index contributed by atoms with van der Waals surface area (Å²) in [6.45, 7) is 8.40. The Hall–Kier alpha value is -2.18. The van der Waals surface area contributed by atoms with E-state index in [-0.39, 0.29) is 17.9 Å². The molecular weight excluding hydrogens is 422 g/mol. The molecule has 5 nitrogen and oxygen atoms in total. The van der Waals surface area contributed by atoms with E-state index in [1.165, 1.54) is 19.3 Å². The van der Waals surface area contributed by atoms with Gasteiger partial charge in [-0.25, -0.2) is 4.79 Å². The molecule has 2 aromatic rings. The molecule has 1 amide bonds. The molecule has 0 fully saturated rings. The summed E-state index contributed by atoms with van der Waals surface area (Å²) in [7, 11) is 0. The van der Waals surface area contributed by atoms with Crippen LogP contribution in [0.3, 0.4) is 0 Å². The highest BCUT2D eigenvalue weighted by Crippen LogP contribution is 2.30. The highest BCUT2D eigenvalue weighted by atomic mass is 32.1. The van der Waals surface area contributed by atoms with Crippen molar-refractivity contribution in [3.63, 3.8) is 0 Å². The first kappa shape index (κ1) is 26.1. The van der Waals surface area contributed by atoms with Gasteiger partial charge in [0.1, 0.15) is 0 Å². The molecule has 1 aromatic heterocycles. The average Bonchev–Trinajstić information content (AvgIpc) is 3.27. The number of carbonyl (C=O) groups is 2. The first-order valence-electron chi connectivity index (χ1n) is 11.7. The molecule has 0 bridgehead atoms. The SMILES string of the molecule is CCCCCCC(C)C(=O)NC(C)c1cc(-c2ccc(CC(OCC)C(=O)O)cc2)cs1. The number of carboxylic acid groups (broad SMARTS) is 1. The molecule has 0 spiro atoms. The minimum Gasteiger partial charge on any atom is -0.479 e. The predicted molar refractivity (Wildman–Crippen MR) is 131 cm³/mol. The largest absolute Gasteiger partial charge is 0.479 e. The number of thiophene rings is 1. The van der Waals surface area contributed by atoms with Crippen molar-refractivity contribution in [1.82, 2.24) is 5.32 Å². The van der Waals surface area contributed by atoms with Crippen LogP contribution in [-0.4, -0.2) is 29.7 Å². The second-order valence-electron chi connectivity index (χ2n) is 8.40. The van der Waals surface area contributed by atoms with Crippen molar-refractivity contribution in [2.45, 2.75) is 78.4 Å². The summed E-state index contributed by atoms with van der Waals surface area (Å²) in [4.78, 5) is 24.9. The average molecular weight is 460 g/mol. The van der Waals surface area contributed by atoms with Gasteiger partial charge in [0.25, 0.3) is 0 Å². The van der Waals surface area contributed by atoms with Gasteiger partial charge in [0, 0.05) is 23.8 Å². The number of aliphatic carboxylic acids is 1. The molecule has 0 saturated carbocycles. The quantitative estimate of drug-likeness (QED) is 0.328. The maximum atomic E-state index is 12.5. The lowest BCUT2D eigenvalue weighted by Crippen LogP contribution is -2.31. The highest BCUT2D eigenvalue weighted by Gasteiger charge is 2.19. The highest BCUT2D eigenvalue weighted by molar-refractivity contribution is 7.10. The second-order valence-corrected chi connectivity index (χ2v) is 9.34. The van der Waals surface area contributed by atoms with E-state index in [1.54, 1.807) is 18.3 Å². The van der Waals surface area contributed by atoms with E-state index < -0.39 is 12.1 Å². The minimum absolute atomic E-state index is 0.0267. The third-order valence-electron chi connectivity index (χ3n) is 5.70. The molecule has 0 aliphatic carbocycles. The van der Waals surface area contributed by atoms with Crippen LogP contribution >= 0.6 is 11.3 Å². The van der Waals surface area contributed by atoms with Crippen LogP contribution in [0.5, 0.6) is 0 Å². The third-order valence-corrected chi connectivity index (χ3v) is 6.81. The fraction of sp³-hybridized carbons (Fsp3) is 0.538. The molecule has 1 heterocycles. The van der Waals surface area contributed by atoms with Gasteiger partial charge < -0.3 is 15.2 Å². The second kappa shape index (κ2) is 13.4. The third kappa shape index (κ3) is 8.06. The van der Waals surface area contributed by atoms with Gasteiger partial charge in [-0.2, -0.15) is 0 Å². The normalized spacial score (nSPS) is 14.0. The van der Waals surface area contributed by atoms with E-state index in [0.717, 1.165) is 34.4 Å². The number of benzene rings is 1. The van der Waals surface area contributed by atoms with E-state index in [9.17, 15) is 14.7 Å². The minimum atomic E-state index is -0.940. The Balaban J connectivity index is 1.93. The van der Waals surface area contributed by atoms with E-state index in [4.69, 9.17) is 4.74 Å². The van der Waals surface area contributed by atoms with Crippen LogP contribution < -0.4 is 5.32 Å². The van der Waals surface area contributed by atoms with Gasteiger partial charge in [0.05, 0.1) is 6.04 Å². The molecule has 3 unspecified atom stereocenters. The lowest BCUT2D eigenvalue weighted by molar-refractivity contribution is -0.150. The molecule has 1 aromatic carbocycles. The molecule has 2 N–H and O–H groups in total. The summed E-state index contributed by atoms with van der Waals surface area (Å²) in [5.41, 5.74) is 3.10. The monoisotopic (exact) mass is 459 g/mol. The maximum Gasteiger partial charge on any atom is 0.333 e. The van der Waals surface area contributed by atoms with Crippen LogP contribution in [0, 0.1) is 5.92 Å². The zero-order valence-corrected chi connectivity index (χ0v) is 20.5. The first-order chi connectivity index (χ1) is 15.3. The zero-order chi connectivity index (χ0) is 23.5. The Kier molecular flexibility index (Phi) is 10.9. The standard InChI is InChI=1S/C26H37NO4S/c1-5-7-8-9-10-18(3)25(28)27-19(4)24-16-22(17-32-24)21-13-11-20(12-14-21)15-23(26(29)30)31-6-2/h11-14,16-19,23H,5-10,15H2,1-4H3,(H,27,28)(H,29,30). The lowest BCUT2D eigenvalue weighted by Gasteiger charge is -2.16. The van der Waals surface area contributed by atoms with Crippen molar-refractivity contribution in [3.8, 4) is 11.1 Å². The number of nitrogens with one attached hydrogen (secondary N) is 1. The number of amides is 1. The van der Waals surface area contributed by atoms with Gasteiger partial charge in [-0.05, 0) is 48.4 Å². The summed E-state index contributed by atoms with van der Waals surface area (Å²) >= 11 is 1.64. The van der Waals surface area contributed by atoms with Crippen LogP contribution in [0.4, 0.5) is 0 Å². The molecule has 0 radical (unpaired) electrons. The molecule has 6 heteroatoms. The zero-order valence-electron chi connectivity index (χ0n) is 19.7. The number of ether oxygens (including phenoxy) is 1. The number of rotatable bonds is 14. The fourth-order valence-corrected chi connectivity index (χ4v) is 4.56. The summed E-state index contributed by atoms with van der Waals surface area (Å²) < 4.78 is 5.30. The first-order valence-corrected chi connectivity index (χ1v) is 12.6. The number of carbonyl (C=O) groups excluding carboxylic acids is 1. The number of carboxylic acids is 1. The summed E-state index contributed by atoms with van der Waals surface area (Å²) in [6.07, 6.45) is 5.20. The van der Waals surface area contributed by atoms with Crippen LogP contribution in [0.2, 0.25) is 0 Å². The predicted octanol–water partition coefficient (Wildman–Crippen LogP) is 6.23. The molecular formula is C26H37NO4S. The van der Waals surface area contributed by atoms with Gasteiger partial charge in [-0.15, -0.1) is 11.3 Å². The summed E-state index contributed by atoms with van der Waals surface area (Å²) in [5, 5.41) is 14.5. The van der Waals surface area contributed by atoms with Crippen LogP contribution in [0.1, 0.15) is 76.3 Å². The van der Waals surface area contributed by atoms with E-state index in [1.807, 2.05) is 38.1 Å². The van der Waals surface area contributed by atoms with Crippen molar-refractivity contribution in [3.05, 3.63) is 46.2 Å². The maximum absolute atomic E-state index is 12.5. The van der Waals surface area contributed by atoms with E-state index >= 15 is 0 Å². The van der Waals surface area contributed by atoms with Gasteiger partial charge in [0.2, 0.25) is 5.91 Å². The molecule has 176 valence electrons. The Labute approximate surface area is 196 Å². The summed E-state index contributed by atoms with van der Waals surface area (Å²) in [6, 6.07) is 10.0. The Morgan fingerprint density at radius 2 is 1.78 bits per heavy atom. The van der Waals surface area contributed by atoms with Gasteiger partial charge in [0.15, 0.2) is 6.10 Å². The van der Waals surface area contributed by atoms with Crippen LogP contribution in [0.25, 0.3) is 11.1 Å². The van der Waals surface area contributed by atoms with Crippen molar-refractivity contribution in [2.75, 3.05) is 6.61 Å². The van der Waals surface area contributed by atoms with Crippen molar-refractivity contribution >= 4 is 23.2 Å². The smallest absolute Gasteiger partial charge is 0.333 e. The van der Waals surface area contributed by atoms with Gasteiger partial charge >= 0.3 is 5.97 Å². The van der Waals surface area contributed by atoms with E-state index in [0.29, 0.717) is 13.0 Å². The van der Waals surface area contributed by atoms with Crippen LogP contribution in [0.15, 0.2) is 35.7 Å². The molecule has 3 atom stereocenters. The topological polar surface area (TPSA) is 75.6 Å². The lowest BCUT2D eigenvalue weighted by atomic mass is 10.0.